The molecule has 0 radical (unpaired) electrons. The molecule has 1 unspecified atom stereocenters. The summed E-state index contributed by atoms with van der Waals surface area (Å²) in [5.41, 5.74) is 0.844. The average molecular weight is 260 g/mol. The molecular formula is C15H20N2O2. The fourth-order valence-corrected chi connectivity index (χ4v) is 2.66. The van der Waals surface area contributed by atoms with E-state index in [1.807, 2.05) is 18.2 Å². The highest BCUT2D eigenvalue weighted by Crippen LogP contribution is 2.35. The number of ether oxygens (including phenoxy) is 2. The summed E-state index contributed by atoms with van der Waals surface area (Å²) < 4.78 is 10.7. The zero-order valence-electron chi connectivity index (χ0n) is 11.5. The second kappa shape index (κ2) is 6.44. The number of hydrogen-bond acceptors (Lipinski definition) is 4. The zero-order chi connectivity index (χ0) is 13.7. The maximum absolute atomic E-state index is 9.41. The van der Waals surface area contributed by atoms with Crippen LogP contribution in [0, 0.1) is 11.3 Å². The van der Waals surface area contributed by atoms with E-state index in [1.165, 1.54) is 12.8 Å². The van der Waals surface area contributed by atoms with E-state index < -0.39 is 0 Å². The third-order valence-electron chi connectivity index (χ3n) is 3.63. The Kier molecular flexibility index (Phi) is 4.64. The van der Waals surface area contributed by atoms with Crippen molar-refractivity contribution < 1.29 is 9.47 Å². The summed E-state index contributed by atoms with van der Waals surface area (Å²) in [4.78, 5) is 0. The molecule has 1 aromatic rings. The highest BCUT2D eigenvalue weighted by Gasteiger charge is 2.23. The predicted octanol–water partition coefficient (Wildman–Crippen LogP) is 2.80. The largest absolute Gasteiger partial charge is 0.493 e. The Morgan fingerprint density at radius 1 is 1.26 bits per heavy atom. The SMILES string of the molecule is COc1cccc(C(C#N)NC2CCCC2)c1OC. The van der Waals surface area contributed by atoms with Gasteiger partial charge in [-0.3, -0.25) is 5.32 Å². The Morgan fingerprint density at radius 2 is 2.00 bits per heavy atom. The number of nitrogens with one attached hydrogen (secondary N) is 1. The quantitative estimate of drug-likeness (QED) is 0.884. The first-order valence-electron chi connectivity index (χ1n) is 6.66. The summed E-state index contributed by atoms with van der Waals surface area (Å²) in [7, 11) is 3.21. The van der Waals surface area contributed by atoms with Gasteiger partial charge in [0.15, 0.2) is 11.5 Å². The minimum Gasteiger partial charge on any atom is -0.493 e. The van der Waals surface area contributed by atoms with Crippen molar-refractivity contribution in [2.75, 3.05) is 14.2 Å². The standard InChI is InChI=1S/C15H20N2O2/c1-18-14-9-5-8-12(15(14)19-2)13(10-16)17-11-6-3-4-7-11/h5,8-9,11,13,17H,3-4,6-7H2,1-2H3. The fraction of sp³-hybridized carbons (Fsp3) is 0.533. The van der Waals surface area contributed by atoms with E-state index in [2.05, 4.69) is 11.4 Å². The molecule has 4 nitrogen and oxygen atoms in total. The van der Waals surface area contributed by atoms with Gasteiger partial charge in [0, 0.05) is 11.6 Å². The van der Waals surface area contributed by atoms with E-state index in [4.69, 9.17) is 9.47 Å². The monoisotopic (exact) mass is 260 g/mol. The van der Waals surface area contributed by atoms with Gasteiger partial charge in [-0.1, -0.05) is 25.0 Å². The Hall–Kier alpha value is -1.73. The van der Waals surface area contributed by atoms with Crippen molar-refractivity contribution >= 4 is 0 Å². The minimum absolute atomic E-state index is 0.354. The van der Waals surface area contributed by atoms with Crippen LogP contribution in [-0.4, -0.2) is 20.3 Å². The van der Waals surface area contributed by atoms with Crippen LogP contribution in [0.5, 0.6) is 11.5 Å². The summed E-state index contributed by atoms with van der Waals surface area (Å²) >= 11 is 0. The highest BCUT2D eigenvalue weighted by molar-refractivity contribution is 5.49. The lowest BCUT2D eigenvalue weighted by molar-refractivity contribution is 0.347. The number of benzene rings is 1. The summed E-state index contributed by atoms with van der Waals surface area (Å²) in [6.45, 7) is 0. The summed E-state index contributed by atoms with van der Waals surface area (Å²) in [5, 5.41) is 12.8. The molecule has 0 bridgehead atoms. The van der Waals surface area contributed by atoms with Crippen molar-refractivity contribution in [3.05, 3.63) is 23.8 Å². The predicted molar refractivity (Wildman–Crippen MR) is 73.3 cm³/mol. The molecular weight excluding hydrogens is 240 g/mol. The minimum atomic E-state index is -0.354. The van der Waals surface area contributed by atoms with Gasteiger partial charge in [-0.2, -0.15) is 5.26 Å². The molecule has 4 heteroatoms. The van der Waals surface area contributed by atoms with Gasteiger partial charge in [0.05, 0.1) is 20.3 Å². The first kappa shape index (κ1) is 13.7. The van der Waals surface area contributed by atoms with Gasteiger partial charge >= 0.3 is 0 Å². The molecule has 1 aromatic carbocycles. The van der Waals surface area contributed by atoms with Crippen LogP contribution in [0.1, 0.15) is 37.3 Å². The second-order valence-electron chi connectivity index (χ2n) is 4.79. The van der Waals surface area contributed by atoms with Crippen LogP contribution < -0.4 is 14.8 Å². The van der Waals surface area contributed by atoms with Crippen LogP contribution in [0.4, 0.5) is 0 Å². The Balaban J connectivity index is 2.24. The summed E-state index contributed by atoms with van der Waals surface area (Å²) in [6.07, 6.45) is 4.77. The van der Waals surface area contributed by atoms with Crippen LogP contribution in [0.25, 0.3) is 0 Å². The molecule has 2 rings (SSSR count). The normalized spacial score (nSPS) is 16.9. The topological polar surface area (TPSA) is 54.3 Å². The van der Waals surface area contributed by atoms with E-state index in [-0.39, 0.29) is 6.04 Å². The zero-order valence-corrected chi connectivity index (χ0v) is 11.5. The van der Waals surface area contributed by atoms with Gasteiger partial charge in [-0.15, -0.1) is 0 Å². The van der Waals surface area contributed by atoms with Crippen molar-refractivity contribution in [1.82, 2.24) is 5.32 Å². The van der Waals surface area contributed by atoms with E-state index in [1.54, 1.807) is 14.2 Å². The van der Waals surface area contributed by atoms with Crippen molar-refractivity contribution in [1.29, 1.82) is 5.26 Å². The molecule has 0 heterocycles. The van der Waals surface area contributed by atoms with Gasteiger partial charge < -0.3 is 9.47 Å². The smallest absolute Gasteiger partial charge is 0.166 e. The van der Waals surface area contributed by atoms with Gasteiger partial charge in [0.25, 0.3) is 0 Å². The summed E-state index contributed by atoms with van der Waals surface area (Å²) in [6, 6.07) is 8.04. The van der Waals surface area contributed by atoms with Crippen molar-refractivity contribution in [3.63, 3.8) is 0 Å². The van der Waals surface area contributed by atoms with Crippen LogP contribution in [0.15, 0.2) is 18.2 Å². The first-order valence-corrected chi connectivity index (χ1v) is 6.66. The molecule has 102 valence electrons. The maximum Gasteiger partial charge on any atom is 0.166 e. The molecule has 0 amide bonds. The van der Waals surface area contributed by atoms with Gasteiger partial charge in [0.2, 0.25) is 0 Å². The van der Waals surface area contributed by atoms with E-state index in [9.17, 15) is 5.26 Å². The third kappa shape index (κ3) is 2.99. The molecule has 0 saturated heterocycles. The van der Waals surface area contributed by atoms with Crippen LogP contribution in [0.3, 0.4) is 0 Å². The molecule has 19 heavy (non-hydrogen) atoms. The third-order valence-corrected chi connectivity index (χ3v) is 3.63. The average Bonchev–Trinajstić information content (AvgIpc) is 2.96. The molecule has 0 spiro atoms. The number of hydrogen-bond donors (Lipinski definition) is 1. The Bertz CT molecular complexity index is 462. The van der Waals surface area contributed by atoms with Crippen LogP contribution in [0.2, 0.25) is 0 Å². The van der Waals surface area contributed by atoms with E-state index in [0.29, 0.717) is 17.5 Å². The maximum atomic E-state index is 9.41. The molecule has 0 aromatic heterocycles. The molecule has 1 fully saturated rings. The number of rotatable bonds is 5. The summed E-state index contributed by atoms with van der Waals surface area (Å²) in [5.74, 6) is 1.30. The molecule has 0 aliphatic heterocycles. The highest BCUT2D eigenvalue weighted by atomic mass is 16.5. The van der Waals surface area contributed by atoms with Crippen molar-refractivity contribution in [2.45, 2.75) is 37.8 Å². The van der Waals surface area contributed by atoms with Gasteiger partial charge in [-0.25, -0.2) is 0 Å². The molecule has 1 saturated carbocycles. The molecule has 1 aliphatic carbocycles. The lowest BCUT2D eigenvalue weighted by Crippen LogP contribution is -2.30. The van der Waals surface area contributed by atoms with Gasteiger partial charge in [-0.05, 0) is 18.9 Å². The fourth-order valence-electron chi connectivity index (χ4n) is 2.66. The van der Waals surface area contributed by atoms with Crippen molar-refractivity contribution in [3.8, 4) is 17.6 Å². The number of nitriles is 1. The van der Waals surface area contributed by atoms with Crippen molar-refractivity contribution in [2.24, 2.45) is 0 Å². The Morgan fingerprint density at radius 3 is 2.58 bits per heavy atom. The molecule has 1 N–H and O–H groups in total. The number of methoxy groups -OCH3 is 2. The number of nitrogens with zero attached hydrogens (tertiary/aromatic N) is 1. The van der Waals surface area contributed by atoms with Crippen LogP contribution in [-0.2, 0) is 0 Å². The second-order valence-corrected chi connectivity index (χ2v) is 4.79. The molecule has 1 aliphatic rings. The van der Waals surface area contributed by atoms with E-state index >= 15 is 0 Å². The molecule has 1 atom stereocenters. The van der Waals surface area contributed by atoms with E-state index in [0.717, 1.165) is 18.4 Å². The first-order chi connectivity index (χ1) is 9.30. The van der Waals surface area contributed by atoms with Gasteiger partial charge in [0.1, 0.15) is 6.04 Å². The number of para-hydroxylation sites is 1. The van der Waals surface area contributed by atoms with Crippen LogP contribution >= 0.6 is 0 Å². The Labute approximate surface area is 114 Å². The lowest BCUT2D eigenvalue weighted by atomic mass is 10.0. The lowest BCUT2D eigenvalue weighted by Gasteiger charge is -2.20.